The lowest BCUT2D eigenvalue weighted by atomic mass is 10.0. The number of hydrogen-bond donors (Lipinski definition) is 2. The van der Waals surface area contributed by atoms with Crippen molar-refractivity contribution in [1.29, 1.82) is 0 Å². The van der Waals surface area contributed by atoms with Crippen LogP contribution >= 0.6 is 0 Å². The molecule has 2 aromatic rings. The summed E-state index contributed by atoms with van der Waals surface area (Å²) in [6, 6.07) is 3.17. The van der Waals surface area contributed by atoms with Crippen molar-refractivity contribution in [2.45, 2.75) is 24.8 Å². The number of nitrogens with zero attached hydrogens (tertiary/aromatic N) is 1. The van der Waals surface area contributed by atoms with E-state index in [1.165, 1.54) is 18.2 Å². The molecule has 0 radical (unpaired) electrons. The number of amides is 1. The van der Waals surface area contributed by atoms with Crippen LogP contribution in [0.25, 0.3) is 0 Å². The number of nitro benzene ring substituents is 1. The predicted octanol–water partition coefficient (Wildman–Crippen LogP) is 4.06. The van der Waals surface area contributed by atoms with Gasteiger partial charge in [-0.15, -0.1) is 0 Å². The van der Waals surface area contributed by atoms with Crippen molar-refractivity contribution in [2.24, 2.45) is 0 Å². The molecule has 0 aliphatic rings. The van der Waals surface area contributed by atoms with E-state index in [0.29, 0.717) is 0 Å². The fraction of sp³-hybridized carbons (Fsp3) is 0.222. The Labute approximate surface area is 169 Å². The highest BCUT2D eigenvalue weighted by Crippen LogP contribution is 2.36. The zero-order chi connectivity index (χ0) is 23.6. The third-order valence-electron chi connectivity index (χ3n) is 4.07. The molecule has 0 fully saturated rings. The van der Waals surface area contributed by atoms with E-state index in [1.54, 1.807) is 0 Å². The van der Waals surface area contributed by atoms with Gasteiger partial charge in [-0.1, -0.05) is 18.2 Å². The molecule has 0 aliphatic heterocycles. The second-order valence-corrected chi connectivity index (χ2v) is 6.25. The number of carbonyl (C=O) groups excluding carboxylic acids is 1. The third-order valence-corrected chi connectivity index (χ3v) is 4.07. The highest BCUT2D eigenvalue weighted by atomic mass is 19.4. The standard InChI is InChI=1S/C18H12F6N2O5/c19-17(20,21)11-5-10(6-12(8-11)18(22,23)24)15(27)25-13(16(28)29)7-9-3-1-2-4-14(9)26(30)31/h1-6,8,13H,7H2,(H,25,27)(H,28,29)/t13-/m0/s1. The summed E-state index contributed by atoms with van der Waals surface area (Å²) >= 11 is 0. The molecule has 0 spiro atoms. The lowest BCUT2D eigenvalue weighted by molar-refractivity contribution is -0.385. The summed E-state index contributed by atoms with van der Waals surface area (Å²) in [6.07, 6.45) is -11.0. The van der Waals surface area contributed by atoms with Crippen molar-refractivity contribution in [3.8, 4) is 0 Å². The number of hydrogen-bond acceptors (Lipinski definition) is 4. The maximum Gasteiger partial charge on any atom is 0.416 e. The maximum absolute atomic E-state index is 12.9. The SMILES string of the molecule is O=C(N[C@@H](Cc1ccccc1[N+](=O)[O-])C(=O)O)c1cc(C(F)(F)F)cc(C(F)(F)F)c1. The van der Waals surface area contributed by atoms with Crippen LogP contribution in [0.15, 0.2) is 42.5 Å². The monoisotopic (exact) mass is 450 g/mol. The van der Waals surface area contributed by atoms with Crippen molar-refractivity contribution in [2.75, 3.05) is 0 Å². The molecule has 0 unspecified atom stereocenters. The quantitative estimate of drug-likeness (QED) is 0.392. The number of halogens is 6. The average molecular weight is 450 g/mol. The molecule has 2 aromatic carbocycles. The molecule has 0 saturated carbocycles. The van der Waals surface area contributed by atoms with Gasteiger partial charge >= 0.3 is 18.3 Å². The summed E-state index contributed by atoms with van der Waals surface area (Å²) in [5.41, 5.74) is -5.16. The number of alkyl halides is 6. The third kappa shape index (κ3) is 5.93. The lowest BCUT2D eigenvalue weighted by Gasteiger charge is -2.17. The Morgan fingerprint density at radius 2 is 1.52 bits per heavy atom. The molecular weight excluding hydrogens is 438 g/mol. The molecule has 0 aliphatic carbocycles. The average Bonchev–Trinajstić information content (AvgIpc) is 2.65. The molecule has 166 valence electrons. The van der Waals surface area contributed by atoms with E-state index >= 15 is 0 Å². The number of carbonyl (C=O) groups is 2. The van der Waals surface area contributed by atoms with Gasteiger partial charge in [0.1, 0.15) is 6.04 Å². The summed E-state index contributed by atoms with van der Waals surface area (Å²) in [4.78, 5) is 34.0. The van der Waals surface area contributed by atoms with Crippen LogP contribution < -0.4 is 5.32 Å². The summed E-state index contributed by atoms with van der Waals surface area (Å²) < 4.78 is 77.6. The van der Waals surface area contributed by atoms with Crippen LogP contribution in [0.3, 0.4) is 0 Å². The van der Waals surface area contributed by atoms with E-state index in [9.17, 15) is 51.2 Å². The van der Waals surface area contributed by atoms with E-state index in [4.69, 9.17) is 0 Å². The van der Waals surface area contributed by atoms with Gasteiger partial charge in [-0.3, -0.25) is 14.9 Å². The molecule has 2 rings (SSSR count). The zero-order valence-electron chi connectivity index (χ0n) is 15.1. The van der Waals surface area contributed by atoms with Gasteiger partial charge in [0.15, 0.2) is 0 Å². The predicted molar refractivity (Wildman–Crippen MR) is 92.1 cm³/mol. The Morgan fingerprint density at radius 1 is 1.00 bits per heavy atom. The van der Waals surface area contributed by atoms with Crippen LogP contribution in [0.2, 0.25) is 0 Å². The number of nitrogens with one attached hydrogen (secondary N) is 1. The molecule has 13 heteroatoms. The van der Waals surface area contributed by atoms with E-state index in [1.807, 2.05) is 5.32 Å². The van der Waals surface area contributed by atoms with Gasteiger partial charge in [0.05, 0.1) is 16.1 Å². The molecular formula is C18H12F6N2O5. The Hall–Kier alpha value is -3.64. The van der Waals surface area contributed by atoms with E-state index < -0.39 is 64.0 Å². The first-order chi connectivity index (χ1) is 14.2. The van der Waals surface area contributed by atoms with Crippen molar-refractivity contribution < 1.29 is 46.0 Å². The highest BCUT2D eigenvalue weighted by Gasteiger charge is 2.38. The minimum Gasteiger partial charge on any atom is -0.480 e. The minimum atomic E-state index is -5.20. The van der Waals surface area contributed by atoms with Crippen LogP contribution in [-0.4, -0.2) is 27.9 Å². The van der Waals surface area contributed by atoms with Crippen LogP contribution in [0, 0.1) is 10.1 Å². The molecule has 0 bridgehead atoms. The largest absolute Gasteiger partial charge is 0.480 e. The Morgan fingerprint density at radius 3 is 1.97 bits per heavy atom. The molecule has 0 heterocycles. The fourth-order valence-electron chi connectivity index (χ4n) is 2.61. The van der Waals surface area contributed by atoms with Crippen LogP contribution in [0.5, 0.6) is 0 Å². The Kier molecular flexibility index (Phi) is 6.57. The summed E-state index contributed by atoms with van der Waals surface area (Å²) in [6.45, 7) is 0. The van der Waals surface area contributed by atoms with Gasteiger partial charge in [-0.2, -0.15) is 26.3 Å². The molecule has 0 aromatic heterocycles. The Balaban J connectivity index is 2.39. The first kappa shape index (κ1) is 23.6. The number of aliphatic carboxylic acids is 1. The van der Waals surface area contributed by atoms with Gasteiger partial charge in [0.25, 0.3) is 11.6 Å². The van der Waals surface area contributed by atoms with Gasteiger partial charge in [0.2, 0.25) is 0 Å². The van der Waals surface area contributed by atoms with Gasteiger partial charge in [-0.05, 0) is 18.2 Å². The van der Waals surface area contributed by atoms with Gasteiger partial charge < -0.3 is 10.4 Å². The summed E-state index contributed by atoms with van der Waals surface area (Å²) in [5, 5.41) is 22.1. The van der Waals surface area contributed by atoms with Gasteiger partial charge in [0, 0.05) is 23.6 Å². The fourth-order valence-corrected chi connectivity index (χ4v) is 2.61. The number of para-hydroxylation sites is 1. The molecule has 2 N–H and O–H groups in total. The van der Waals surface area contributed by atoms with Crippen molar-refractivity contribution >= 4 is 17.6 Å². The summed E-state index contributed by atoms with van der Waals surface area (Å²) in [5.74, 6) is -3.22. The zero-order valence-corrected chi connectivity index (χ0v) is 15.1. The van der Waals surface area contributed by atoms with Crippen LogP contribution in [0.1, 0.15) is 27.0 Å². The number of nitro groups is 1. The van der Waals surface area contributed by atoms with Crippen molar-refractivity contribution in [3.63, 3.8) is 0 Å². The highest BCUT2D eigenvalue weighted by molar-refractivity contribution is 5.97. The van der Waals surface area contributed by atoms with E-state index in [2.05, 4.69) is 0 Å². The maximum atomic E-state index is 12.9. The number of carboxylic acid groups (broad SMARTS) is 1. The minimum absolute atomic E-state index is 0.111. The Bertz CT molecular complexity index is 987. The normalized spacial score (nSPS) is 12.8. The first-order valence-corrected chi connectivity index (χ1v) is 8.25. The second-order valence-electron chi connectivity index (χ2n) is 6.25. The number of benzene rings is 2. The number of carboxylic acids is 1. The van der Waals surface area contributed by atoms with Crippen LogP contribution in [-0.2, 0) is 23.6 Å². The molecule has 1 atom stereocenters. The molecule has 0 saturated heterocycles. The van der Waals surface area contributed by atoms with E-state index in [0.717, 1.165) is 6.07 Å². The second kappa shape index (κ2) is 8.62. The summed E-state index contributed by atoms with van der Waals surface area (Å²) in [7, 11) is 0. The van der Waals surface area contributed by atoms with Crippen molar-refractivity contribution in [3.05, 3.63) is 74.8 Å². The topological polar surface area (TPSA) is 110 Å². The molecule has 1 amide bonds. The van der Waals surface area contributed by atoms with Crippen molar-refractivity contribution in [1.82, 2.24) is 5.32 Å². The van der Waals surface area contributed by atoms with E-state index in [-0.39, 0.29) is 23.8 Å². The van der Waals surface area contributed by atoms with Gasteiger partial charge in [-0.25, -0.2) is 4.79 Å². The van der Waals surface area contributed by atoms with Crippen LogP contribution in [0.4, 0.5) is 32.0 Å². The molecule has 31 heavy (non-hydrogen) atoms. The number of rotatable bonds is 6. The first-order valence-electron chi connectivity index (χ1n) is 8.25. The lowest BCUT2D eigenvalue weighted by Crippen LogP contribution is -2.42. The smallest absolute Gasteiger partial charge is 0.416 e. The molecule has 7 nitrogen and oxygen atoms in total.